The number of ketones is 1. The number of allylic oxidation sites excluding steroid dienone is 2. The summed E-state index contributed by atoms with van der Waals surface area (Å²) in [6.07, 6.45) is 5.67. The molecule has 0 aromatic carbocycles. The molecule has 2 amide bonds. The number of Topliss-reactive ketones (excluding diaryl/α,β-unsaturated/α-hetero) is 1. The molecule has 2 N–H and O–H groups in total. The molecule has 0 bridgehead atoms. The van der Waals surface area contributed by atoms with Gasteiger partial charge in [-0.15, -0.1) is 0 Å². The van der Waals surface area contributed by atoms with E-state index in [0.717, 1.165) is 25.9 Å². The van der Waals surface area contributed by atoms with Crippen molar-refractivity contribution in [3.05, 3.63) is 22.1 Å². The van der Waals surface area contributed by atoms with Crippen LogP contribution in [0.2, 0.25) is 0 Å². The number of carbonyl (C=O) groups excluding carboxylic acids is 3. The molecule has 148 valence electrons. The number of hydrogen-bond donors (Lipinski definition) is 2. The quantitative estimate of drug-likeness (QED) is 0.514. The van der Waals surface area contributed by atoms with Crippen LogP contribution in [0, 0.1) is 11.8 Å². The van der Waals surface area contributed by atoms with Gasteiger partial charge in [0.2, 0.25) is 11.8 Å². The standard InChI is InChI=1S/C19H27N3O4S/c1-12(2)22-18(25)15(16(23)14-7-10-27(26)19(14)22)17(24)21-9-4-6-13-5-3-8-20-11-13/h7,10,12-13,15,20H,3-6,8-9,11H2,1-2H3,(H,21,24). The summed E-state index contributed by atoms with van der Waals surface area (Å²) in [4.78, 5) is 39.5. The maximum absolute atomic E-state index is 12.8. The molecule has 0 saturated carbocycles. The molecule has 1 fully saturated rings. The van der Waals surface area contributed by atoms with Gasteiger partial charge in [0.05, 0.1) is 16.4 Å². The summed E-state index contributed by atoms with van der Waals surface area (Å²) < 4.78 is 12.2. The third kappa shape index (κ3) is 4.06. The van der Waals surface area contributed by atoms with Gasteiger partial charge in [0.15, 0.2) is 11.7 Å². The van der Waals surface area contributed by atoms with Gasteiger partial charge in [-0.1, -0.05) is 0 Å². The van der Waals surface area contributed by atoms with Crippen LogP contribution >= 0.6 is 0 Å². The van der Waals surface area contributed by atoms with Crippen LogP contribution in [-0.2, 0) is 25.2 Å². The molecule has 27 heavy (non-hydrogen) atoms. The van der Waals surface area contributed by atoms with Crippen LogP contribution in [-0.4, -0.2) is 52.4 Å². The van der Waals surface area contributed by atoms with Crippen molar-refractivity contribution >= 4 is 28.4 Å². The zero-order valence-electron chi connectivity index (χ0n) is 15.8. The maximum Gasteiger partial charge on any atom is 0.248 e. The highest BCUT2D eigenvalue weighted by molar-refractivity contribution is 7.92. The van der Waals surface area contributed by atoms with E-state index in [1.165, 1.54) is 29.2 Å². The Labute approximate surface area is 162 Å². The molecular weight excluding hydrogens is 366 g/mol. The van der Waals surface area contributed by atoms with Crippen molar-refractivity contribution in [1.82, 2.24) is 15.5 Å². The van der Waals surface area contributed by atoms with Gasteiger partial charge in [0.1, 0.15) is 5.03 Å². The van der Waals surface area contributed by atoms with E-state index in [-0.39, 0.29) is 16.6 Å². The fourth-order valence-corrected chi connectivity index (χ4v) is 5.16. The molecule has 0 radical (unpaired) electrons. The molecule has 0 aromatic heterocycles. The lowest BCUT2D eigenvalue weighted by Crippen LogP contribution is -2.53. The predicted molar refractivity (Wildman–Crippen MR) is 103 cm³/mol. The van der Waals surface area contributed by atoms with E-state index in [2.05, 4.69) is 10.6 Å². The molecule has 3 rings (SSSR count). The van der Waals surface area contributed by atoms with Gasteiger partial charge in [-0.05, 0) is 64.6 Å². The Kier molecular flexibility index (Phi) is 6.26. The second-order valence-electron chi connectivity index (χ2n) is 7.56. The van der Waals surface area contributed by atoms with Crippen LogP contribution in [0.15, 0.2) is 22.1 Å². The highest BCUT2D eigenvalue weighted by Gasteiger charge is 2.48. The summed E-state index contributed by atoms with van der Waals surface area (Å²) >= 11 is 0. The minimum atomic E-state index is -1.52. The van der Waals surface area contributed by atoms with Crippen molar-refractivity contribution < 1.29 is 18.6 Å². The van der Waals surface area contributed by atoms with Gasteiger partial charge < -0.3 is 15.5 Å². The van der Waals surface area contributed by atoms with Crippen LogP contribution in [0.3, 0.4) is 0 Å². The zero-order valence-corrected chi connectivity index (χ0v) is 16.6. The van der Waals surface area contributed by atoms with Crippen LogP contribution in [0.25, 0.3) is 0 Å². The first-order valence-corrected chi connectivity index (χ1v) is 10.8. The molecule has 8 heteroatoms. The largest absolute Gasteiger partial charge is 0.355 e. The van der Waals surface area contributed by atoms with E-state index in [0.29, 0.717) is 12.5 Å². The Morgan fingerprint density at radius 1 is 1.41 bits per heavy atom. The van der Waals surface area contributed by atoms with Crippen LogP contribution in [0.4, 0.5) is 0 Å². The molecule has 0 spiro atoms. The first-order valence-electron chi connectivity index (χ1n) is 9.60. The van der Waals surface area contributed by atoms with Gasteiger partial charge in [-0.3, -0.25) is 14.4 Å². The fourth-order valence-electron chi connectivity index (χ4n) is 3.89. The molecule has 0 aromatic rings. The lowest BCUT2D eigenvalue weighted by molar-refractivity contribution is -0.146. The van der Waals surface area contributed by atoms with Crippen LogP contribution < -0.4 is 10.6 Å². The number of hydrogen-bond acceptors (Lipinski definition) is 5. The number of nitrogens with one attached hydrogen (secondary N) is 2. The number of rotatable bonds is 6. The zero-order chi connectivity index (χ0) is 19.6. The van der Waals surface area contributed by atoms with Crippen molar-refractivity contribution in [2.45, 2.75) is 45.6 Å². The van der Waals surface area contributed by atoms with E-state index in [4.69, 9.17) is 0 Å². The Morgan fingerprint density at radius 3 is 2.85 bits per heavy atom. The second kappa shape index (κ2) is 8.48. The second-order valence-corrected chi connectivity index (χ2v) is 8.82. The minimum absolute atomic E-state index is 0.217. The predicted octanol–water partition coefficient (Wildman–Crippen LogP) is 0.806. The smallest absolute Gasteiger partial charge is 0.248 e. The van der Waals surface area contributed by atoms with Crippen molar-refractivity contribution in [1.29, 1.82) is 0 Å². The van der Waals surface area contributed by atoms with Gasteiger partial charge >= 0.3 is 0 Å². The topological polar surface area (TPSA) is 95.6 Å². The summed E-state index contributed by atoms with van der Waals surface area (Å²) in [7, 11) is -1.52. The van der Waals surface area contributed by atoms with Gasteiger partial charge in [0, 0.05) is 18.0 Å². The molecule has 1 saturated heterocycles. The summed E-state index contributed by atoms with van der Waals surface area (Å²) in [5.74, 6) is -2.46. The van der Waals surface area contributed by atoms with Crippen molar-refractivity contribution in [2.24, 2.45) is 11.8 Å². The van der Waals surface area contributed by atoms with E-state index in [1.807, 2.05) is 0 Å². The molecule has 7 nitrogen and oxygen atoms in total. The Hall–Kier alpha value is -1.80. The van der Waals surface area contributed by atoms with Crippen molar-refractivity contribution in [2.75, 3.05) is 19.6 Å². The Morgan fingerprint density at radius 2 is 2.19 bits per heavy atom. The Bertz CT molecular complexity index is 722. The normalized spacial score (nSPS) is 28.1. The lowest BCUT2D eigenvalue weighted by atomic mass is 9.91. The van der Waals surface area contributed by atoms with Crippen LogP contribution in [0.5, 0.6) is 0 Å². The molecule has 0 aliphatic carbocycles. The number of amides is 2. The highest BCUT2D eigenvalue weighted by atomic mass is 32.2. The van der Waals surface area contributed by atoms with E-state index < -0.39 is 34.3 Å². The first kappa shape index (κ1) is 19.9. The summed E-state index contributed by atoms with van der Waals surface area (Å²) in [6.45, 7) is 6.09. The monoisotopic (exact) mass is 393 g/mol. The number of carbonyl (C=O) groups is 3. The Balaban J connectivity index is 1.63. The van der Waals surface area contributed by atoms with Crippen molar-refractivity contribution in [3.8, 4) is 0 Å². The van der Waals surface area contributed by atoms with Gasteiger partial charge in [0.25, 0.3) is 0 Å². The average molecular weight is 394 g/mol. The first-order chi connectivity index (χ1) is 12.9. The van der Waals surface area contributed by atoms with Crippen LogP contribution in [0.1, 0.15) is 39.5 Å². The van der Waals surface area contributed by atoms with E-state index in [9.17, 15) is 18.6 Å². The van der Waals surface area contributed by atoms with E-state index in [1.54, 1.807) is 13.8 Å². The third-order valence-corrected chi connectivity index (χ3v) is 6.46. The molecular formula is C19H27N3O4S. The van der Waals surface area contributed by atoms with E-state index >= 15 is 0 Å². The molecule has 3 atom stereocenters. The minimum Gasteiger partial charge on any atom is -0.355 e. The molecule has 3 heterocycles. The summed E-state index contributed by atoms with van der Waals surface area (Å²) in [5.41, 5.74) is 0.218. The van der Waals surface area contributed by atoms with Gasteiger partial charge in [-0.2, -0.15) is 0 Å². The SMILES string of the molecule is CC(C)N1C(=O)C(C(=O)NCCCC2CCCNC2)C(=O)C2=C1S(=O)C=C2. The molecule has 3 aliphatic heterocycles. The number of piperidine rings is 1. The van der Waals surface area contributed by atoms with Gasteiger partial charge in [-0.25, -0.2) is 4.21 Å². The number of nitrogens with zero attached hydrogens (tertiary/aromatic N) is 1. The lowest BCUT2D eigenvalue weighted by Gasteiger charge is -2.34. The summed E-state index contributed by atoms with van der Waals surface area (Å²) in [6, 6.07) is -0.284. The maximum atomic E-state index is 12.8. The third-order valence-electron chi connectivity index (χ3n) is 5.28. The summed E-state index contributed by atoms with van der Waals surface area (Å²) in [5, 5.41) is 7.73. The highest BCUT2D eigenvalue weighted by Crippen LogP contribution is 2.34. The molecule has 3 unspecified atom stereocenters. The van der Waals surface area contributed by atoms with Crippen molar-refractivity contribution in [3.63, 3.8) is 0 Å². The molecule has 3 aliphatic rings. The average Bonchev–Trinajstić information content (AvgIpc) is 3.01. The fraction of sp³-hybridized carbons (Fsp3) is 0.632.